The second-order valence-corrected chi connectivity index (χ2v) is 8.10. The number of hydrogen-bond donors (Lipinski definition) is 1. The Morgan fingerprint density at radius 3 is 2.80 bits per heavy atom. The van der Waals surface area contributed by atoms with Gasteiger partial charge in [0.25, 0.3) is 0 Å². The zero-order chi connectivity index (χ0) is 21.3. The van der Waals surface area contributed by atoms with Crippen LogP contribution in [-0.4, -0.2) is 26.4 Å². The standard InChI is InChI=1S/C20H15Cl2FN4O2S/c1-2-27-19(17-8-11-7-12(21)3-6-16(11)29-17)25-26-20(27)30-10-18(28)24-13-4-5-15(23)14(22)9-13/h3-9H,2,10H2,1H3,(H,24,28). The first kappa shape index (κ1) is 20.7. The van der Waals surface area contributed by atoms with E-state index < -0.39 is 5.82 Å². The van der Waals surface area contributed by atoms with Gasteiger partial charge in [-0.05, 0) is 49.4 Å². The van der Waals surface area contributed by atoms with E-state index in [1.54, 1.807) is 12.1 Å². The molecule has 0 spiro atoms. The van der Waals surface area contributed by atoms with Crippen molar-refractivity contribution in [2.24, 2.45) is 0 Å². The first-order valence-electron chi connectivity index (χ1n) is 8.95. The molecule has 0 saturated heterocycles. The van der Waals surface area contributed by atoms with Gasteiger partial charge in [0.15, 0.2) is 10.9 Å². The topological polar surface area (TPSA) is 73.0 Å². The molecule has 0 aliphatic heterocycles. The normalized spacial score (nSPS) is 11.2. The van der Waals surface area contributed by atoms with Crippen molar-refractivity contribution in [2.75, 3.05) is 11.1 Å². The van der Waals surface area contributed by atoms with Crippen molar-refractivity contribution in [3.63, 3.8) is 0 Å². The highest BCUT2D eigenvalue weighted by Gasteiger charge is 2.18. The van der Waals surface area contributed by atoms with Crippen molar-refractivity contribution in [1.29, 1.82) is 0 Å². The third kappa shape index (κ3) is 4.30. The van der Waals surface area contributed by atoms with Crippen molar-refractivity contribution in [3.05, 3.63) is 58.3 Å². The van der Waals surface area contributed by atoms with E-state index in [-0.39, 0.29) is 16.7 Å². The molecule has 4 aromatic rings. The van der Waals surface area contributed by atoms with Gasteiger partial charge in [0, 0.05) is 22.6 Å². The average Bonchev–Trinajstić information content (AvgIpc) is 3.32. The van der Waals surface area contributed by atoms with Crippen molar-refractivity contribution in [1.82, 2.24) is 14.8 Å². The molecule has 10 heteroatoms. The molecule has 1 amide bonds. The maximum atomic E-state index is 13.2. The van der Waals surface area contributed by atoms with Crippen molar-refractivity contribution in [2.45, 2.75) is 18.6 Å². The number of benzene rings is 2. The molecule has 0 bridgehead atoms. The van der Waals surface area contributed by atoms with Crippen LogP contribution in [0.2, 0.25) is 10.0 Å². The summed E-state index contributed by atoms with van der Waals surface area (Å²) in [4.78, 5) is 12.3. The van der Waals surface area contributed by atoms with Crippen LogP contribution in [0.15, 0.2) is 52.0 Å². The van der Waals surface area contributed by atoms with Crippen LogP contribution in [0.1, 0.15) is 6.92 Å². The summed E-state index contributed by atoms with van der Waals surface area (Å²) in [6, 6.07) is 11.2. The highest BCUT2D eigenvalue weighted by molar-refractivity contribution is 7.99. The molecule has 0 aliphatic rings. The summed E-state index contributed by atoms with van der Waals surface area (Å²) in [5, 5.41) is 13.1. The van der Waals surface area contributed by atoms with Crippen LogP contribution < -0.4 is 5.32 Å². The largest absolute Gasteiger partial charge is 0.453 e. The van der Waals surface area contributed by atoms with Crippen LogP contribution in [-0.2, 0) is 11.3 Å². The lowest BCUT2D eigenvalue weighted by molar-refractivity contribution is -0.113. The van der Waals surface area contributed by atoms with Crippen LogP contribution >= 0.6 is 35.0 Å². The van der Waals surface area contributed by atoms with E-state index in [1.807, 2.05) is 23.6 Å². The highest BCUT2D eigenvalue weighted by Crippen LogP contribution is 2.30. The fraction of sp³-hybridized carbons (Fsp3) is 0.150. The third-order valence-electron chi connectivity index (χ3n) is 4.27. The Bertz CT molecular complexity index is 1240. The van der Waals surface area contributed by atoms with E-state index >= 15 is 0 Å². The molecule has 0 radical (unpaired) electrons. The summed E-state index contributed by atoms with van der Waals surface area (Å²) in [5.41, 5.74) is 1.12. The first-order chi connectivity index (χ1) is 14.4. The molecular weight excluding hydrogens is 450 g/mol. The maximum absolute atomic E-state index is 13.2. The Morgan fingerprint density at radius 2 is 2.03 bits per heavy atom. The molecule has 0 atom stereocenters. The van der Waals surface area contributed by atoms with Crippen LogP contribution in [0, 0.1) is 5.82 Å². The van der Waals surface area contributed by atoms with Crippen molar-refractivity contribution < 1.29 is 13.6 Å². The Labute approximate surface area is 185 Å². The number of carbonyl (C=O) groups is 1. The van der Waals surface area contributed by atoms with Gasteiger partial charge >= 0.3 is 0 Å². The fourth-order valence-corrected chi connectivity index (χ4v) is 4.05. The Morgan fingerprint density at radius 1 is 1.20 bits per heavy atom. The number of carbonyl (C=O) groups excluding carboxylic acids is 1. The number of furan rings is 1. The summed E-state index contributed by atoms with van der Waals surface area (Å²) in [6.07, 6.45) is 0. The molecule has 2 aromatic heterocycles. The Kier molecular flexibility index (Phi) is 5.99. The number of anilines is 1. The van der Waals surface area contributed by atoms with Crippen LogP contribution in [0.5, 0.6) is 0 Å². The molecule has 154 valence electrons. The van der Waals surface area contributed by atoms with Crippen LogP contribution in [0.4, 0.5) is 10.1 Å². The molecule has 0 unspecified atom stereocenters. The summed E-state index contributed by atoms with van der Waals surface area (Å²) in [5.74, 6) is 0.425. The van der Waals surface area contributed by atoms with Crippen molar-refractivity contribution in [3.8, 4) is 11.6 Å². The molecule has 1 N–H and O–H groups in total. The zero-order valence-electron chi connectivity index (χ0n) is 15.7. The lowest BCUT2D eigenvalue weighted by Gasteiger charge is -2.07. The van der Waals surface area contributed by atoms with E-state index in [0.717, 1.165) is 5.39 Å². The molecule has 0 fully saturated rings. The van der Waals surface area contributed by atoms with Crippen LogP contribution in [0.3, 0.4) is 0 Å². The van der Waals surface area contributed by atoms with E-state index in [2.05, 4.69) is 15.5 Å². The minimum atomic E-state index is -0.541. The van der Waals surface area contributed by atoms with Crippen molar-refractivity contribution >= 4 is 57.5 Å². The average molecular weight is 465 g/mol. The van der Waals surface area contributed by atoms with Gasteiger partial charge in [0.2, 0.25) is 11.7 Å². The summed E-state index contributed by atoms with van der Waals surface area (Å²) in [6.45, 7) is 2.55. The third-order valence-corrected chi connectivity index (χ3v) is 5.76. The molecule has 30 heavy (non-hydrogen) atoms. The molecule has 2 heterocycles. The molecule has 2 aromatic carbocycles. The fourth-order valence-electron chi connectivity index (χ4n) is 2.89. The van der Waals surface area contributed by atoms with Gasteiger partial charge in [-0.1, -0.05) is 35.0 Å². The number of fused-ring (bicyclic) bond motifs is 1. The Balaban J connectivity index is 1.49. The lowest BCUT2D eigenvalue weighted by Crippen LogP contribution is -2.14. The summed E-state index contributed by atoms with van der Waals surface area (Å²) in [7, 11) is 0. The minimum Gasteiger partial charge on any atom is -0.453 e. The molecule has 0 saturated carbocycles. The minimum absolute atomic E-state index is 0.0528. The number of rotatable bonds is 6. The predicted octanol–water partition coefficient (Wildman–Crippen LogP) is 5.89. The number of aromatic nitrogens is 3. The van der Waals surface area contributed by atoms with E-state index in [0.29, 0.717) is 39.6 Å². The van der Waals surface area contributed by atoms with Gasteiger partial charge in [-0.25, -0.2) is 4.39 Å². The number of nitrogens with one attached hydrogen (secondary N) is 1. The second-order valence-electron chi connectivity index (χ2n) is 6.31. The smallest absolute Gasteiger partial charge is 0.234 e. The van der Waals surface area contributed by atoms with E-state index in [1.165, 1.54) is 30.0 Å². The van der Waals surface area contributed by atoms with Gasteiger partial charge < -0.3 is 9.73 Å². The first-order valence-corrected chi connectivity index (χ1v) is 10.7. The van der Waals surface area contributed by atoms with E-state index in [4.69, 9.17) is 27.6 Å². The van der Waals surface area contributed by atoms with Gasteiger partial charge in [-0.15, -0.1) is 10.2 Å². The molecule has 0 aliphatic carbocycles. The van der Waals surface area contributed by atoms with Gasteiger partial charge in [0.05, 0.1) is 10.8 Å². The quantitative estimate of drug-likeness (QED) is 0.360. The lowest BCUT2D eigenvalue weighted by atomic mass is 10.2. The number of hydrogen-bond acceptors (Lipinski definition) is 5. The SMILES string of the molecule is CCn1c(SCC(=O)Nc2ccc(F)c(Cl)c2)nnc1-c1cc2cc(Cl)ccc2o1. The van der Waals surface area contributed by atoms with Crippen LogP contribution in [0.25, 0.3) is 22.6 Å². The molecular formula is C20H15Cl2FN4O2S. The predicted molar refractivity (Wildman–Crippen MR) is 117 cm³/mol. The number of nitrogens with zero attached hydrogens (tertiary/aromatic N) is 3. The van der Waals surface area contributed by atoms with Gasteiger partial charge in [0.1, 0.15) is 11.4 Å². The second kappa shape index (κ2) is 8.67. The summed E-state index contributed by atoms with van der Waals surface area (Å²) < 4.78 is 21.0. The molecule has 4 rings (SSSR count). The maximum Gasteiger partial charge on any atom is 0.234 e. The van der Waals surface area contributed by atoms with Gasteiger partial charge in [-0.3, -0.25) is 9.36 Å². The molecule has 6 nitrogen and oxygen atoms in total. The number of amides is 1. The number of thioether (sulfide) groups is 1. The van der Waals surface area contributed by atoms with Gasteiger partial charge in [-0.2, -0.15) is 0 Å². The number of halogens is 3. The van der Waals surface area contributed by atoms with E-state index in [9.17, 15) is 9.18 Å². The monoisotopic (exact) mass is 464 g/mol. The highest BCUT2D eigenvalue weighted by atomic mass is 35.5. The summed E-state index contributed by atoms with van der Waals surface area (Å²) >= 11 is 13.0. The zero-order valence-corrected chi connectivity index (χ0v) is 18.0. The Hall–Kier alpha value is -2.55.